The van der Waals surface area contributed by atoms with E-state index in [1.165, 1.54) is 12.5 Å². The Morgan fingerprint density at radius 3 is 2.65 bits per heavy atom. The van der Waals surface area contributed by atoms with Crippen molar-refractivity contribution >= 4 is 17.6 Å². The van der Waals surface area contributed by atoms with Gasteiger partial charge in [-0.05, 0) is 24.3 Å². The molecule has 0 bridgehead atoms. The molecule has 6 heteroatoms. The van der Waals surface area contributed by atoms with E-state index in [0.717, 1.165) is 0 Å². The average Bonchev–Trinajstić information content (AvgIpc) is 2.32. The molecule has 0 saturated carbocycles. The van der Waals surface area contributed by atoms with Crippen LogP contribution in [0.3, 0.4) is 0 Å². The molecule has 5 nitrogen and oxygen atoms in total. The van der Waals surface area contributed by atoms with E-state index in [9.17, 15) is 4.79 Å². The summed E-state index contributed by atoms with van der Waals surface area (Å²) < 4.78 is 5.34. The predicted octanol–water partition coefficient (Wildman–Crippen LogP) is 2.62. The second-order valence-electron chi connectivity index (χ2n) is 3.10. The maximum atomic E-state index is 10.9. The van der Waals surface area contributed by atoms with Crippen molar-refractivity contribution in [3.8, 4) is 11.6 Å². The number of ether oxygens (including phenoxy) is 1. The van der Waals surface area contributed by atoms with Crippen molar-refractivity contribution in [1.29, 1.82) is 0 Å². The quantitative estimate of drug-likeness (QED) is 0.907. The van der Waals surface area contributed by atoms with E-state index in [0.29, 0.717) is 10.8 Å². The van der Waals surface area contributed by atoms with Crippen molar-refractivity contribution in [2.45, 2.75) is 0 Å². The van der Waals surface area contributed by atoms with Gasteiger partial charge in [-0.25, -0.2) is 14.8 Å². The molecule has 0 spiro atoms. The number of hydrogen-bond acceptors (Lipinski definition) is 4. The zero-order valence-electron chi connectivity index (χ0n) is 8.50. The monoisotopic (exact) mass is 250 g/mol. The zero-order valence-corrected chi connectivity index (χ0v) is 9.26. The molecule has 0 unspecified atom stereocenters. The fourth-order valence-electron chi connectivity index (χ4n) is 1.16. The molecule has 1 N–H and O–H groups in total. The molecule has 0 saturated heterocycles. The number of aromatic nitrogens is 2. The van der Waals surface area contributed by atoms with Crippen LogP contribution in [0.4, 0.5) is 0 Å². The average molecular weight is 251 g/mol. The lowest BCUT2D eigenvalue weighted by Gasteiger charge is -2.06. The molecular weight excluding hydrogens is 244 g/mol. The highest BCUT2D eigenvalue weighted by atomic mass is 35.5. The molecule has 0 aliphatic heterocycles. The number of nitrogens with zero attached hydrogens (tertiary/aromatic N) is 2. The first-order valence-corrected chi connectivity index (χ1v) is 5.01. The SMILES string of the molecule is O=C(O)c1cncnc1Oc1ccc(Cl)cc1. The third kappa shape index (κ3) is 2.70. The Labute approximate surface area is 102 Å². The Bertz CT molecular complexity index is 543. The molecule has 0 aliphatic rings. The van der Waals surface area contributed by atoms with Crippen LogP contribution in [0.2, 0.25) is 5.02 Å². The number of rotatable bonds is 3. The molecule has 0 radical (unpaired) electrons. The standard InChI is InChI=1S/C11H7ClN2O3/c12-7-1-3-8(4-2-7)17-10-9(11(15)16)5-13-6-14-10/h1-6H,(H,15,16). The fraction of sp³-hybridized carbons (Fsp3) is 0. The van der Waals surface area contributed by atoms with Gasteiger partial charge in [0.1, 0.15) is 17.6 Å². The summed E-state index contributed by atoms with van der Waals surface area (Å²) in [6.07, 6.45) is 2.40. The first kappa shape index (κ1) is 11.3. The number of hydrogen-bond donors (Lipinski definition) is 1. The highest BCUT2D eigenvalue weighted by Crippen LogP contribution is 2.23. The largest absolute Gasteiger partial charge is 0.477 e. The molecule has 0 amide bonds. The molecule has 0 atom stereocenters. The predicted molar refractivity (Wildman–Crippen MR) is 60.5 cm³/mol. The van der Waals surface area contributed by atoms with Gasteiger partial charge in [0, 0.05) is 11.2 Å². The Morgan fingerprint density at radius 2 is 2.00 bits per heavy atom. The molecule has 1 aromatic carbocycles. The summed E-state index contributed by atoms with van der Waals surface area (Å²) in [6, 6.07) is 6.52. The maximum Gasteiger partial charge on any atom is 0.342 e. The van der Waals surface area contributed by atoms with E-state index in [-0.39, 0.29) is 11.4 Å². The van der Waals surface area contributed by atoms with Crippen LogP contribution >= 0.6 is 11.6 Å². The van der Waals surface area contributed by atoms with Gasteiger partial charge in [0.25, 0.3) is 0 Å². The second kappa shape index (κ2) is 4.80. The summed E-state index contributed by atoms with van der Waals surface area (Å²) in [5, 5.41) is 9.47. The highest BCUT2D eigenvalue weighted by molar-refractivity contribution is 6.30. The lowest BCUT2D eigenvalue weighted by molar-refractivity contribution is 0.0693. The summed E-state index contributed by atoms with van der Waals surface area (Å²) in [6.45, 7) is 0. The zero-order chi connectivity index (χ0) is 12.3. The first-order chi connectivity index (χ1) is 8.16. The van der Waals surface area contributed by atoms with Crippen LogP contribution in [-0.2, 0) is 0 Å². The van der Waals surface area contributed by atoms with Crippen LogP contribution in [0.5, 0.6) is 11.6 Å². The molecule has 2 aromatic rings. The number of carboxylic acids is 1. The van der Waals surface area contributed by atoms with Gasteiger partial charge >= 0.3 is 5.97 Å². The summed E-state index contributed by atoms with van der Waals surface area (Å²) in [7, 11) is 0. The van der Waals surface area contributed by atoms with Crippen molar-refractivity contribution in [2.24, 2.45) is 0 Å². The van der Waals surface area contributed by atoms with Crippen molar-refractivity contribution < 1.29 is 14.6 Å². The van der Waals surface area contributed by atoms with Crippen LogP contribution < -0.4 is 4.74 Å². The second-order valence-corrected chi connectivity index (χ2v) is 3.54. The summed E-state index contributed by atoms with van der Waals surface area (Å²) >= 11 is 5.72. The van der Waals surface area contributed by atoms with Gasteiger partial charge < -0.3 is 9.84 Å². The molecule has 1 heterocycles. The van der Waals surface area contributed by atoms with E-state index in [2.05, 4.69) is 9.97 Å². The van der Waals surface area contributed by atoms with Gasteiger partial charge in [0.2, 0.25) is 5.88 Å². The lowest BCUT2D eigenvalue weighted by Crippen LogP contribution is -2.02. The summed E-state index contributed by atoms with van der Waals surface area (Å²) in [5.41, 5.74) is -0.0950. The molecule has 1 aromatic heterocycles. The van der Waals surface area contributed by atoms with Gasteiger partial charge in [-0.3, -0.25) is 0 Å². The lowest BCUT2D eigenvalue weighted by atomic mass is 10.3. The number of carbonyl (C=O) groups is 1. The van der Waals surface area contributed by atoms with Crippen molar-refractivity contribution in [2.75, 3.05) is 0 Å². The van der Waals surface area contributed by atoms with Crippen LogP contribution in [0.15, 0.2) is 36.8 Å². The van der Waals surface area contributed by atoms with Crippen LogP contribution in [0.25, 0.3) is 0 Å². The molecular formula is C11H7ClN2O3. The topological polar surface area (TPSA) is 72.3 Å². The third-order valence-corrected chi connectivity index (χ3v) is 2.19. The van der Waals surface area contributed by atoms with Gasteiger partial charge in [-0.15, -0.1) is 0 Å². The van der Waals surface area contributed by atoms with Crippen molar-refractivity contribution in [3.63, 3.8) is 0 Å². The van der Waals surface area contributed by atoms with E-state index >= 15 is 0 Å². The van der Waals surface area contributed by atoms with E-state index in [1.54, 1.807) is 24.3 Å². The Hall–Kier alpha value is -2.14. The van der Waals surface area contributed by atoms with Gasteiger partial charge in [0.05, 0.1) is 0 Å². The maximum absolute atomic E-state index is 10.9. The molecule has 0 fully saturated rings. The molecule has 86 valence electrons. The third-order valence-electron chi connectivity index (χ3n) is 1.93. The Kier molecular flexibility index (Phi) is 3.20. The summed E-state index contributed by atoms with van der Waals surface area (Å²) in [4.78, 5) is 18.3. The molecule has 17 heavy (non-hydrogen) atoms. The fourth-order valence-corrected chi connectivity index (χ4v) is 1.29. The van der Waals surface area contributed by atoms with Gasteiger partial charge in [-0.2, -0.15) is 0 Å². The van der Waals surface area contributed by atoms with Crippen LogP contribution in [0.1, 0.15) is 10.4 Å². The van der Waals surface area contributed by atoms with Crippen LogP contribution in [0, 0.1) is 0 Å². The van der Waals surface area contributed by atoms with Crippen molar-refractivity contribution in [3.05, 3.63) is 47.4 Å². The van der Waals surface area contributed by atoms with E-state index < -0.39 is 5.97 Å². The minimum absolute atomic E-state index is 0.00479. The number of carboxylic acid groups (broad SMARTS) is 1. The Balaban J connectivity index is 2.30. The normalized spacial score (nSPS) is 9.94. The highest BCUT2D eigenvalue weighted by Gasteiger charge is 2.13. The minimum atomic E-state index is -1.14. The van der Waals surface area contributed by atoms with Crippen LogP contribution in [-0.4, -0.2) is 21.0 Å². The summed E-state index contributed by atoms with van der Waals surface area (Å²) in [5.74, 6) is -0.694. The van der Waals surface area contributed by atoms with E-state index in [4.69, 9.17) is 21.4 Å². The first-order valence-electron chi connectivity index (χ1n) is 4.63. The van der Waals surface area contributed by atoms with Gasteiger partial charge in [-0.1, -0.05) is 11.6 Å². The molecule has 0 aliphatic carbocycles. The number of benzene rings is 1. The smallest absolute Gasteiger partial charge is 0.342 e. The minimum Gasteiger partial charge on any atom is -0.477 e. The molecule has 2 rings (SSSR count). The van der Waals surface area contributed by atoms with Crippen molar-refractivity contribution in [1.82, 2.24) is 9.97 Å². The van der Waals surface area contributed by atoms with Gasteiger partial charge in [0.15, 0.2) is 0 Å². The van der Waals surface area contributed by atoms with E-state index in [1.807, 2.05) is 0 Å². The number of aromatic carboxylic acids is 1. The Morgan fingerprint density at radius 1 is 1.29 bits per heavy atom. The number of halogens is 1.